The summed E-state index contributed by atoms with van der Waals surface area (Å²) >= 11 is 0. The van der Waals surface area contributed by atoms with E-state index in [1.807, 2.05) is 12.1 Å². The summed E-state index contributed by atoms with van der Waals surface area (Å²) in [6.45, 7) is 0.374. The fraction of sp³-hybridized carbons (Fsp3) is 0.318. The van der Waals surface area contributed by atoms with Crippen LogP contribution in [0.25, 0.3) is 11.3 Å². The molecule has 1 N–H and O–H groups in total. The zero-order valence-corrected chi connectivity index (χ0v) is 17.2. The van der Waals surface area contributed by atoms with Crippen molar-refractivity contribution in [3.63, 3.8) is 0 Å². The Bertz CT molecular complexity index is 1210. The highest BCUT2D eigenvalue weighted by Crippen LogP contribution is 2.19. The Morgan fingerprint density at radius 2 is 1.94 bits per heavy atom. The maximum absolute atomic E-state index is 12.4. The molecule has 0 bridgehead atoms. The van der Waals surface area contributed by atoms with Crippen LogP contribution in [-0.2, 0) is 30.7 Å². The zero-order valence-electron chi connectivity index (χ0n) is 17.2. The van der Waals surface area contributed by atoms with Crippen LogP contribution in [0.4, 0.5) is 0 Å². The topological polar surface area (TPSA) is 108 Å². The van der Waals surface area contributed by atoms with Gasteiger partial charge in [0.25, 0.3) is 11.1 Å². The number of aromatic nitrogens is 4. The number of benzene rings is 1. The van der Waals surface area contributed by atoms with E-state index in [4.69, 9.17) is 4.74 Å². The molecule has 0 unspecified atom stereocenters. The van der Waals surface area contributed by atoms with E-state index in [0.29, 0.717) is 11.4 Å². The van der Waals surface area contributed by atoms with E-state index in [0.717, 1.165) is 36.1 Å². The van der Waals surface area contributed by atoms with Crippen LogP contribution >= 0.6 is 0 Å². The number of hydrogen-bond acceptors (Lipinski definition) is 6. The number of ether oxygens (including phenoxy) is 1. The number of hydrogen-bond donors (Lipinski definition) is 1. The number of aryl methyl sites for hydroxylation is 2. The van der Waals surface area contributed by atoms with Crippen LogP contribution in [0.5, 0.6) is 5.75 Å². The first-order chi connectivity index (χ1) is 15.0. The van der Waals surface area contributed by atoms with Crippen molar-refractivity contribution in [1.82, 2.24) is 24.6 Å². The molecule has 4 rings (SSSR count). The van der Waals surface area contributed by atoms with Gasteiger partial charge in [0, 0.05) is 24.2 Å². The van der Waals surface area contributed by atoms with Crippen molar-refractivity contribution in [2.75, 3.05) is 13.7 Å². The van der Waals surface area contributed by atoms with Gasteiger partial charge in [-0.25, -0.2) is 9.67 Å². The summed E-state index contributed by atoms with van der Waals surface area (Å²) < 4.78 is 7.74. The first-order valence-corrected chi connectivity index (χ1v) is 10.1. The number of rotatable bonds is 7. The summed E-state index contributed by atoms with van der Waals surface area (Å²) in [5.74, 6) is 0.376. The van der Waals surface area contributed by atoms with Crippen molar-refractivity contribution in [2.45, 2.75) is 32.4 Å². The number of nitrogens with zero attached hydrogens (tertiary/aromatic N) is 4. The molecule has 2 heterocycles. The predicted octanol–water partition coefficient (Wildman–Crippen LogP) is 0.781. The molecule has 1 aromatic carbocycles. The van der Waals surface area contributed by atoms with Crippen LogP contribution in [0.3, 0.4) is 0 Å². The summed E-state index contributed by atoms with van der Waals surface area (Å²) in [7, 11) is 1.58. The summed E-state index contributed by atoms with van der Waals surface area (Å²) in [6.07, 6.45) is 4.15. The Morgan fingerprint density at radius 3 is 2.68 bits per heavy atom. The standard InChI is InChI=1S/C22H23N5O4/c1-31-17-7-5-15(6-8-17)19-12-21(29)26(14-24-19)13-20(28)23-9-10-27-22(30)11-16-3-2-4-18(16)25-27/h5-8,11-12,14H,2-4,9-10,13H2,1H3,(H,23,28). The van der Waals surface area contributed by atoms with Crippen LogP contribution in [0.1, 0.15) is 17.7 Å². The number of carbonyl (C=O) groups is 1. The van der Waals surface area contributed by atoms with Gasteiger partial charge in [0.15, 0.2) is 0 Å². The smallest absolute Gasteiger partial charge is 0.267 e. The minimum absolute atomic E-state index is 0.152. The molecule has 160 valence electrons. The molecule has 1 aliphatic rings. The minimum atomic E-state index is -0.338. The number of nitrogens with one attached hydrogen (secondary N) is 1. The van der Waals surface area contributed by atoms with Gasteiger partial charge in [-0.05, 0) is 49.1 Å². The third kappa shape index (κ3) is 4.71. The summed E-state index contributed by atoms with van der Waals surface area (Å²) in [6, 6.07) is 10.2. The summed E-state index contributed by atoms with van der Waals surface area (Å²) in [4.78, 5) is 41.0. The highest BCUT2D eigenvalue weighted by Gasteiger charge is 2.14. The lowest BCUT2D eigenvalue weighted by atomic mass is 10.1. The average Bonchev–Trinajstić information content (AvgIpc) is 3.22. The molecule has 2 aromatic heterocycles. The SMILES string of the molecule is COc1ccc(-c2cc(=O)n(CC(=O)NCCn3nc4c(cc3=O)CCC4)cn2)cc1. The lowest BCUT2D eigenvalue weighted by Gasteiger charge is -2.10. The van der Waals surface area contributed by atoms with Gasteiger partial charge in [0.05, 0.1) is 31.4 Å². The molecular formula is C22H23N5O4. The van der Waals surface area contributed by atoms with Crippen LogP contribution in [0, 0.1) is 0 Å². The van der Waals surface area contributed by atoms with Gasteiger partial charge >= 0.3 is 0 Å². The van der Waals surface area contributed by atoms with E-state index in [9.17, 15) is 14.4 Å². The van der Waals surface area contributed by atoms with Crippen molar-refractivity contribution < 1.29 is 9.53 Å². The first-order valence-electron chi connectivity index (χ1n) is 10.1. The molecule has 1 amide bonds. The molecular weight excluding hydrogens is 398 g/mol. The second-order valence-corrected chi connectivity index (χ2v) is 7.35. The summed E-state index contributed by atoms with van der Waals surface area (Å²) in [5.41, 5.74) is 2.79. The Morgan fingerprint density at radius 1 is 1.13 bits per heavy atom. The molecule has 3 aromatic rings. The maximum Gasteiger partial charge on any atom is 0.267 e. The Labute approximate surface area is 178 Å². The van der Waals surface area contributed by atoms with Crippen molar-refractivity contribution >= 4 is 5.91 Å². The Balaban J connectivity index is 1.34. The van der Waals surface area contributed by atoms with Crippen LogP contribution in [-0.4, -0.2) is 38.9 Å². The third-order valence-corrected chi connectivity index (χ3v) is 5.25. The van der Waals surface area contributed by atoms with E-state index in [2.05, 4.69) is 15.4 Å². The average molecular weight is 421 g/mol. The Hall–Kier alpha value is -3.75. The van der Waals surface area contributed by atoms with Crippen molar-refractivity contribution in [3.8, 4) is 17.0 Å². The first kappa shape index (κ1) is 20.5. The highest BCUT2D eigenvalue weighted by molar-refractivity contribution is 5.75. The molecule has 0 saturated carbocycles. The number of amides is 1. The molecule has 0 atom stereocenters. The van der Waals surface area contributed by atoms with Gasteiger partial charge in [0.2, 0.25) is 5.91 Å². The van der Waals surface area contributed by atoms with Crippen LogP contribution < -0.4 is 21.2 Å². The van der Waals surface area contributed by atoms with Crippen LogP contribution in [0.2, 0.25) is 0 Å². The minimum Gasteiger partial charge on any atom is -0.497 e. The van der Waals surface area contributed by atoms with Gasteiger partial charge in [-0.3, -0.25) is 19.0 Å². The molecule has 1 aliphatic carbocycles. The number of methoxy groups -OCH3 is 1. The van der Waals surface area contributed by atoms with Gasteiger partial charge < -0.3 is 10.1 Å². The third-order valence-electron chi connectivity index (χ3n) is 5.25. The normalized spacial score (nSPS) is 12.4. The van der Waals surface area contributed by atoms with E-state index in [1.165, 1.54) is 21.6 Å². The number of fused-ring (bicyclic) bond motifs is 1. The second-order valence-electron chi connectivity index (χ2n) is 7.35. The largest absolute Gasteiger partial charge is 0.497 e. The highest BCUT2D eigenvalue weighted by atomic mass is 16.5. The molecule has 9 heteroatoms. The van der Waals surface area contributed by atoms with Gasteiger partial charge in [-0.2, -0.15) is 5.10 Å². The molecule has 0 aliphatic heterocycles. The predicted molar refractivity (Wildman–Crippen MR) is 114 cm³/mol. The van der Waals surface area contributed by atoms with E-state index >= 15 is 0 Å². The lowest BCUT2D eigenvalue weighted by molar-refractivity contribution is -0.121. The lowest BCUT2D eigenvalue weighted by Crippen LogP contribution is -2.36. The summed E-state index contributed by atoms with van der Waals surface area (Å²) in [5, 5.41) is 7.10. The number of carbonyl (C=O) groups excluding carboxylic acids is 1. The second kappa shape index (κ2) is 8.95. The van der Waals surface area contributed by atoms with E-state index in [1.54, 1.807) is 25.3 Å². The molecule has 0 fully saturated rings. The molecule has 0 spiro atoms. The molecule has 31 heavy (non-hydrogen) atoms. The fourth-order valence-corrected chi connectivity index (χ4v) is 3.58. The van der Waals surface area contributed by atoms with Crippen molar-refractivity contribution in [2.24, 2.45) is 0 Å². The quantitative estimate of drug-likeness (QED) is 0.604. The van der Waals surface area contributed by atoms with Gasteiger partial charge in [-0.1, -0.05) is 0 Å². The van der Waals surface area contributed by atoms with Gasteiger partial charge in [-0.15, -0.1) is 0 Å². The van der Waals surface area contributed by atoms with E-state index in [-0.39, 0.29) is 36.7 Å². The fourth-order valence-electron chi connectivity index (χ4n) is 3.58. The Kier molecular flexibility index (Phi) is 5.92. The monoisotopic (exact) mass is 421 g/mol. The van der Waals surface area contributed by atoms with Crippen molar-refractivity contribution in [3.05, 3.63) is 74.7 Å². The maximum atomic E-state index is 12.4. The van der Waals surface area contributed by atoms with Crippen molar-refractivity contribution in [1.29, 1.82) is 0 Å². The molecule has 0 saturated heterocycles. The molecule has 9 nitrogen and oxygen atoms in total. The van der Waals surface area contributed by atoms with E-state index < -0.39 is 0 Å². The zero-order chi connectivity index (χ0) is 21.8. The molecule has 0 radical (unpaired) electrons. The van der Waals surface area contributed by atoms with Gasteiger partial charge in [0.1, 0.15) is 12.3 Å². The van der Waals surface area contributed by atoms with Crippen LogP contribution in [0.15, 0.2) is 52.3 Å².